The molecule has 2 heterocycles. The lowest BCUT2D eigenvalue weighted by molar-refractivity contribution is -0.125. The van der Waals surface area contributed by atoms with E-state index in [2.05, 4.69) is 63.4 Å². The molecule has 0 radical (unpaired) electrons. The van der Waals surface area contributed by atoms with Crippen molar-refractivity contribution in [2.75, 3.05) is 24.7 Å². The first-order valence-electron chi connectivity index (χ1n) is 8.06. The van der Waals surface area contributed by atoms with Crippen molar-refractivity contribution in [2.45, 2.75) is 11.8 Å². The molecule has 0 atom stereocenters. The number of hydrogen-bond acceptors (Lipinski definition) is 3. The molecule has 25 heavy (non-hydrogen) atoms. The fourth-order valence-electron chi connectivity index (χ4n) is 2.97. The van der Waals surface area contributed by atoms with E-state index in [1.807, 2.05) is 17.0 Å². The smallest absolute Gasteiger partial charge is 0.253 e. The van der Waals surface area contributed by atoms with Crippen molar-refractivity contribution in [1.82, 2.24) is 3.97 Å². The van der Waals surface area contributed by atoms with E-state index in [0.717, 1.165) is 26.0 Å². The quantitative estimate of drug-likeness (QED) is 0.623. The highest BCUT2D eigenvalue weighted by molar-refractivity contribution is 9.10. The molecule has 0 aliphatic carbocycles. The summed E-state index contributed by atoms with van der Waals surface area (Å²) in [6, 6.07) is 14.5. The molecule has 3 aromatic rings. The molecule has 0 spiro atoms. The number of nitrogens with zero attached hydrogens (tertiary/aromatic N) is 2. The number of benzene rings is 2. The average molecular weight is 417 g/mol. The second kappa shape index (κ2) is 6.86. The third-order valence-corrected chi connectivity index (χ3v) is 5.82. The summed E-state index contributed by atoms with van der Waals surface area (Å²) in [7, 11) is 0. The van der Waals surface area contributed by atoms with Gasteiger partial charge in [0.25, 0.3) is 5.91 Å². The van der Waals surface area contributed by atoms with Crippen LogP contribution in [0, 0.1) is 6.92 Å². The topological polar surface area (TPSA) is 34.5 Å². The van der Waals surface area contributed by atoms with Gasteiger partial charge < -0.3 is 9.64 Å². The number of rotatable bonds is 3. The molecule has 1 fully saturated rings. The molecule has 2 aromatic carbocycles. The maximum Gasteiger partial charge on any atom is 0.253 e. The van der Waals surface area contributed by atoms with Gasteiger partial charge in [0.2, 0.25) is 0 Å². The van der Waals surface area contributed by atoms with E-state index in [9.17, 15) is 4.79 Å². The van der Waals surface area contributed by atoms with Crippen LogP contribution in [0.4, 0.5) is 5.69 Å². The number of hydrogen-bond donors (Lipinski definition) is 0. The summed E-state index contributed by atoms with van der Waals surface area (Å²) in [6.07, 6.45) is 2.06. The number of fused-ring (bicyclic) bond motifs is 1. The van der Waals surface area contributed by atoms with Crippen LogP contribution in [0.1, 0.15) is 5.56 Å². The van der Waals surface area contributed by atoms with Gasteiger partial charge in [-0.3, -0.25) is 8.77 Å². The van der Waals surface area contributed by atoms with Crippen molar-refractivity contribution in [3.63, 3.8) is 0 Å². The van der Waals surface area contributed by atoms with Crippen LogP contribution in [0.5, 0.6) is 0 Å². The maximum absolute atomic E-state index is 12.3. The molecule has 1 aliphatic heterocycles. The predicted molar refractivity (Wildman–Crippen MR) is 105 cm³/mol. The van der Waals surface area contributed by atoms with E-state index in [1.54, 1.807) is 11.9 Å². The minimum Gasteiger partial charge on any atom is -0.370 e. The average Bonchev–Trinajstić information content (AvgIpc) is 2.94. The zero-order valence-electron chi connectivity index (χ0n) is 13.7. The van der Waals surface area contributed by atoms with Gasteiger partial charge in [-0.15, -0.1) is 0 Å². The van der Waals surface area contributed by atoms with Crippen LogP contribution in [-0.4, -0.2) is 29.6 Å². The fourth-order valence-corrected chi connectivity index (χ4v) is 4.55. The number of carbonyl (C=O) groups is 1. The molecule has 0 bridgehead atoms. The number of aromatic nitrogens is 1. The fraction of sp³-hybridized carbons (Fsp3) is 0.211. The standard InChI is InChI=1S/C19H17BrN2O2S/c1-13-5-7-14(8-6-13)25-22-11-16(20)15-3-2-4-17(19(15)22)21-9-10-24-12-18(21)23/h2-8,11H,9-10,12H2,1H3. The van der Waals surface area contributed by atoms with Crippen LogP contribution in [0.25, 0.3) is 10.9 Å². The van der Waals surface area contributed by atoms with Crippen LogP contribution in [0.3, 0.4) is 0 Å². The normalized spacial score (nSPS) is 15.1. The molecule has 6 heteroatoms. The van der Waals surface area contributed by atoms with Crippen molar-refractivity contribution in [3.8, 4) is 0 Å². The molecule has 1 saturated heterocycles. The van der Waals surface area contributed by atoms with Gasteiger partial charge in [0, 0.05) is 27.5 Å². The largest absolute Gasteiger partial charge is 0.370 e. The van der Waals surface area contributed by atoms with Gasteiger partial charge in [-0.2, -0.15) is 0 Å². The molecular formula is C19H17BrN2O2S. The van der Waals surface area contributed by atoms with Crippen molar-refractivity contribution in [3.05, 3.63) is 58.7 Å². The van der Waals surface area contributed by atoms with Gasteiger partial charge in [-0.25, -0.2) is 0 Å². The van der Waals surface area contributed by atoms with Gasteiger partial charge in [-0.1, -0.05) is 29.8 Å². The predicted octanol–water partition coefficient (Wildman–Crippen LogP) is 4.63. The summed E-state index contributed by atoms with van der Waals surface area (Å²) in [5.74, 6) is 0.00274. The molecular weight excluding hydrogens is 400 g/mol. The highest BCUT2D eigenvalue weighted by Crippen LogP contribution is 2.38. The van der Waals surface area contributed by atoms with Gasteiger partial charge in [0.05, 0.1) is 17.8 Å². The molecule has 0 unspecified atom stereocenters. The van der Waals surface area contributed by atoms with Gasteiger partial charge in [0.1, 0.15) is 6.61 Å². The highest BCUT2D eigenvalue weighted by Gasteiger charge is 2.24. The van der Waals surface area contributed by atoms with Gasteiger partial charge in [-0.05, 0) is 53.0 Å². The molecule has 1 amide bonds. The van der Waals surface area contributed by atoms with E-state index in [1.165, 1.54) is 5.56 Å². The summed E-state index contributed by atoms with van der Waals surface area (Å²) < 4.78 is 8.42. The van der Waals surface area contributed by atoms with Crippen molar-refractivity contribution >= 4 is 50.4 Å². The number of carbonyl (C=O) groups excluding carboxylic acids is 1. The molecule has 0 saturated carbocycles. The van der Waals surface area contributed by atoms with Gasteiger partial charge in [0.15, 0.2) is 0 Å². The first-order chi connectivity index (χ1) is 12.1. The number of morpholine rings is 1. The zero-order valence-corrected chi connectivity index (χ0v) is 16.1. The van der Waals surface area contributed by atoms with Crippen molar-refractivity contribution in [2.24, 2.45) is 0 Å². The third kappa shape index (κ3) is 3.21. The van der Waals surface area contributed by atoms with Crippen LogP contribution in [0.2, 0.25) is 0 Å². The van der Waals surface area contributed by atoms with E-state index >= 15 is 0 Å². The lowest BCUT2D eigenvalue weighted by Crippen LogP contribution is -2.41. The van der Waals surface area contributed by atoms with E-state index in [0.29, 0.717) is 13.2 Å². The monoisotopic (exact) mass is 416 g/mol. The van der Waals surface area contributed by atoms with Gasteiger partial charge >= 0.3 is 0 Å². The molecule has 0 N–H and O–H groups in total. The second-order valence-corrected chi connectivity index (χ2v) is 7.88. The highest BCUT2D eigenvalue weighted by atomic mass is 79.9. The Morgan fingerprint density at radius 2 is 1.96 bits per heavy atom. The Hall–Kier alpha value is -1.76. The first-order valence-corrected chi connectivity index (χ1v) is 9.63. The molecule has 4 rings (SSSR count). The van der Waals surface area contributed by atoms with Crippen LogP contribution in [-0.2, 0) is 9.53 Å². The van der Waals surface area contributed by atoms with Crippen molar-refractivity contribution < 1.29 is 9.53 Å². The number of ether oxygens (including phenoxy) is 1. The molecule has 128 valence electrons. The first kappa shape index (κ1) is 16.7. The number of halogens is 1. The Morgan fingerprint density at radius 3 is 2.72 bits per heavy atom. The van der Waals surface area contributed by atoms with Crippen molar-refractivity contribution in [1.29, 1.82) is 0 Å². The Morgan fingerprint density at radius 1 is 1.16 bits per heavy atom. The Bertz CT molecular complexity index is 936. The van der Waals surface area contributed by atoms with Crippen LogP contribution >= 0.6 is 27.9 Å². The maximum atomic E-state index is 12.3. The summed E-state index contributed by atoms with van der Waals surface area (Å²) in [4.78, 5) is 15.3. The summed E-state index contributed by atoms with van der Waals surface area (Å²) in [5, 5.41) is 1.09. The molecule has 1 aromatic heterocycles. The summed E-state index contributed by atoms with van der Waals surface area (Å²) in [6.45, 7) is 3.37. The minimum atomic E-state index is 0.00274. The Labute approximate surface area is 159 Å². The number of amides is 1. The van der Waals surface area contributed by atoms with Crippen LogP contribution < -0.4 is 4.90 Å². The second-order valence-electron chi connectivity index (χ2n) is 5.98. The lowest BCUT2D eigenvalue weighted by Gasteiger charge is -2.27. The lowest BCUT2D eigenvalue weighted by atomic mass is 10.2. The van der Waals surface area contributed by atoms with E-state index in [-0.39, 0.29) is 12.5 Å². The summed E-state index contributed by atoms with van der Waals surface area (Å²) >= 11 is 5.30. The van der Waals surface area contributed by atoms with E-state index < -0.39 is 0 Å². The Kier molecular flexibility index (Phi) is 4.58. The number of anilines is 1. The minimum absolute atomic E-state index is 0.00274. The molecule has 4 nitrogen and oxygen atoms in total. The van der Waals surface area contributed by atoms with Crippen LogP contribution in [0.15, 0.2) is 58.0 Å². The SMILES string of the molecule is Cc1ccc(Sn2cc(Br)c3cccc(N4CCOCC4=O)c32)cc1. The summed E-state index contributed by atoms with van der Waals surface area (Å²) in [5.41, 5.74) is 3.20. The Balaban J connectivity index is 1.81. The third-order valence-electron chi connectivity index (χ3n) is 4.22. The zero-order chi connectivity index (χ0) is 17.4. The van der Waals surface area contributed by atoms with E-state index in [4.69, 9.17) is 4.74 Å². The number of para-hydroxylation sites is 1. The number of aryl methyl sites for hydroxylation is 1. The molecule has 1 aliphatic rings.